The SMILES string of the molecule is CNC(C)c1ccccc1-c1cc(F)c(F)cc1F. The van der Waals surface area contributed by atoms with Crippen molar-refractivity contribution in [1.82, 2.24) is 5.32 Å². The minimum atomic E-state index is -1.18. The van der Waals surface area contributed by atoms with Crippen molar-refractivity contribution >= 4 is 0 Å². The van der Waals surface area contributed by atoms with Crippen LogP contribution in [0.15, 0.2) is 36.4 Å². The van der Waals surface area contributed by atoms with E-state index in [0.29, 0.717) is 11.6 Å². The maximum absolute atomic E-state index is 13.8. The summed E-state index contributed by atoms with van der Waals surface area (Å²) in [5, 5.41) is 3.05. The minimum absolute atomic E-state index is 0.0243. The van der Waals surface area contributed by atoms with Crippen LogP contribution < -0.4 is 5.32 Å². The molecule has 0 aliphatic heterocycles. The summed E-state index contributed by atoms with van der Waals surface area (Å²) in [6.07, 6.45) is 0. The molecule has 1 nitrogen and oxygen atoms in total. The first kappa shape index (κ1) is 13.6. The predicted octanol–water partition coefficient (Wildman–Crippen LogP) is 4.05. The number of hydrogen-bond acceptors (Lipinski definition) is 1. The highest BCUT2D eigenvalue weighted by molar-refractivity contribution is 5.68. The van der Waals surface area contributed by atoms with Gasteiger partial charge < -0.3 is 5.32 Å². The van der Waals surface area contributed by atoms with Crippen molar-refractivity contribution in [2.75, 3.05) is 7.05 Å². The van der Waals surface area contributed by atoms with E-state index in [2.05, 4.69) is 5.32 Å². The maximum Gasteiger partial charge on any atom is 0.161 e. The van der Waals surface area contributed by atoms with Crippen LogP contribution in [0.3, 0.4) is 0 Å². The van der Waals surface area contributed by atoms with Crippen LogP contribution in [0.5, 0.6) is 0 Å². The molecule has 0 aromatic heterocycles. The summed E-state index contributed by atoms with van der Waals surface area (Å²) in [6, 6.07) is 8.53. The van der Waals surface area contributed by atoms with Gasteiger partial charge in [0.1, 0.15) is 5.82 Å². The lowest BCUT2D eigenvalue weighted by molar-refractivity contribution is 0.496. The fraction of sp³-hybridized carbons (Fsp3) is 0.200. The van der Waals surface area contributed by atoms with Gasteiger partial charge in [0.15, 0.2) is 11.6 Å². The van der Waals surface area contributed by atoms with Gasteiger partial charge in [0.25, 0.3) is 0 Å². The lowest BCUT2D eigenvalue weighted by atomic mass is 9.95. The Hall–Kier alpha value is -1.81. The second-order valence-corrected chi connectivity index (χ2v) is 4.34. The summed E-state index contributed by atoms with van der Waals surface area (Å²) in [6.45, 7) is 1.91. The molecule has 0 fully saturated rings. The Morgan fingerprint density at radius 3 is 2.21 bits per heavy atom. The average Bonchev–Trinajstić information content (AvgIpc) is 2.42. The second-order valence-electron chi connectivity index (χ2n) is 4.34. The van der Waals surface area contributed by atoms with Crippen molar-refractivity contribution in [1.29, 1.82) is 0 Å². The highest BCUT2D eigenvalue weighted by atomic mass is 19.2. The minimum Gasteiger partial charge on any atom is -0.313 e. The molecular weight excluding hydrogens is 251 g/mol. The lowest BCUT2D eigenvalue weighted by Gasteiger charge is -2.16. The molecule has 0 aliphatic rings. The Kier molecular flexibility index (Phi) is 3.90. The molecule has 1 atom stereocenters. The molecule has 2 aromatic rings. The summed E-state index contributed by atoms with van der Waals surface area (Å²) in [5.41, 5.74) is 1.45. The average molecular weight is 265 g/mol. The van der Waals surface area contributed by atoms with E-state index < -0.39 is 17.5 Å². The summed E-state index contributed by atoms with van der Waals surface area (Å²) < 4.78 is 40.1. The normalized spacial score (nSPS) is 12.5. The molecule has 1 N–H and O–H groups in total. The summed E-state index contributed by atoms with van der Waals surface area (Å²) in [5.74, 6) is -3.00. The Morgan fingerprint density at radius 1 is 0.895 bits per heavy atom. The first-order chi connectivity index (χ1) is 9.04. The van der Waals surface area contributed by atoms with Crippen LogP contribution in [0, 0.1) is 17.5 Å². The molecule has 2 aromatic carbocycles. The van der Waals surface area contributed by atoms with Crippen LogP contribution >= 0.6 is 0 Å². The van der Waals surface area contributed by atoms with Crippen LogP contribution in [-0.2, 0) is 0 Å². The predicted molar refractivity (Wildman–Crippen MR) is 69.2 cm³/mol. The molecule has 1 unspecified atom stereocenters. The van der Waals surface area contributed by atoms with E-state index in [1.165, 1.54) is 0 Å². The van der Waals surface area contributed by atoms with Gasteiger partial charge in [-0.2, -0.15) is 0 Å². The van der Waals surface area contributed by atoms with E-state index in [1.54, 1.807) is 19.2 Å². The third-order valence-electron chi connectivity index (χ3n) is 3.16. The largest absolute Gasteiger partial charge is 0.313 e. The monoisotopic (exact) mass is 265 g/mol. The van der Waals surface area contributed by atoms with E-state index in [9.17, 15) is 13.2 Å². The molecule has 0 bridgehead atoms. The number of nitrogens with one attached hydrogen (secondary N) is 1. The fourth-order valence-electron chi connectivity index (χ4n) is 2.00. The van der Waals surface area contributed by atoms with Crippen molar-refractivity contribution in [2.24, 2.45) is 0 Å². The van der Waals surface area contributed by atoms with Crippen LogP contribution in [-0.4, -0.2) is 7.05 Å². The van der Waals surface area contributed by atoms with E-state index in [1.807, 2.05) is 19.1 Å². The molecule has 100 valence electrons. The topological polar surface area (TPSA) is 12.0 Å². The molecule has 19 heavy (non-hydrogen) atoms. The van der Waals surface area contributed by atoms with Crippen LogP contribution in [0.2, 0.25) is 0 Å². The van der Waals surface area contributed by atoms with Crippen molar-refractivity contribution in [3.8, 4) is 11.1 Å². The van der Waals surface area contributed by atoms with E-state index in [4.69, 9.17) is 0 Å². The standard InChI is InChI=1S/C15H14F3N/c1-9(19-2)10-5-3-4-6-11(10)12-7-14(17)15(18)8-13(12)16/h3-9,19H,1-2H3. The quantitative estimate of drug-likeness (QED) is 0.825. The molecule has 4 heteroatoms. The molecule has 0 aliphatic carbocycles. The van der Waals surface area contributed by atoms with E-state index in [-0.39, 0.29) is 11.6 Å². The molecule has 0 amide bonds. The summed E-state index contributed by atoms with van der Waals surface area (Å²) in [7, 11) is 1.78. The zero-order valence-electron chi connectivity index (χ0n) is 10.7. The summed E-state index contributed by atoms with van der Waals surface area (Å²) >= 11 is 0. The highest BCUT2D eigenvalue weighted by Crippen LogP contribution is 2.31. The smallest absolute Gasteiger partial charge is 0.161 e. The molecule has 2 rings (SSSR count). The van der Waals surface area contributed by atoms with E-state index in [0.717, 1.165) is 11.6 Å². The van der Waals surface area contributed by atoms with Gasteiger partial charge in [-0.3, -0.25) is 0 Å². The van der Waals surface area contributed by atoms with Gasteiger partial charge in [-0.15, -0.1) is 0 Å². The van der Waals surface area contributed by atoms with Gasteiger partial charge in [0.2, 0.25) is 0 Å². The van der Waals surface area contributed by atoms with Crippen LogP contribution in [0.4, 0.5) is 13.2 Å². The summed E-state index contributed by atoms with van der Waals surface area (Å²) in [4.78, 5) is 0. The van der Waals surface area contributed by atoms with Crippen LogP contribution in [0.1, 0.15) is 18.5 Å². The zero-order chi connectivity index (χ0) is 14.0. The van der Waals surface area contributed by atoms with Gasteiger partial charge in [0.05, 0.1) is 0 Å². The Bertz CT molecular complexity index is 596. The van der Waals surface area contributed by atoms with Gasteiger partial charge in [-0.05, 0) is 31.2 Å². The molecule has 0 saturated heterocycles. The first-order valence-electron chi connectivity index (χ1n) is 5.95. The van der Waals surface area contributed by atoms with Gasteiger partial charge in [0, 0.05) is 17.7 Å². The van der Waals surface area contributed by atoms with Gasteiger partial charge in [-0.1, -0.05) is 24.3 Å². The Balaban J connectivity index is 2.62. The molecule has 0 heterocycles. The third kappa shape index (κ3) is 2.63. The van der Waals surface area contributed by atoms with Crippen molar-refractivity contribution in [3.63, 3.8) is 0 Å². The molecule has 0 saturated carbocycles. The number of rotatable bonds is 3. The third-order valence-corrected chi connectivity index (χ3v) is 3.16. The van der Waals surface area contributed by atoms with Crippen molar-refractivity contribution in [3.05, 3.63) is 59.4 Å². The van der Waals surface area contributed by atoms with Gasteiger partial charge in [-0.25, -0.2) is 13.2 Å². The molecule has 0 spiro atoms. The number of hydrogen-bond donors (Lipinski definition) is 1. The lowest BCUT2D eigenvalue weighted by Crippen LogP contribution is -2.13. The highest BCUT2D eigenvalue weighted by Gasteiger charge is 2.16. The first-order valence-corrected chi connectivity index (χ1v) is 5.95. The number of benzene rings is 2. The van der Waals surface area contributed by atoms with Crippen molar-refractivity contribution < 1.29 is 13.2 Å². The maximum atomic E-state index is 13.8. The molecule has 0 radical (unpaired) electrons. The van der Waals surface area contributed by atoms with Crippen LogP contribution in [0.25, 0.3) is 11.1 Å². The number of halogens is 3. The van der Waals surface area contributed by atoms with Crippen molar-refractivity contribution in [2.45, 2.75) is 13.0 Å². The van der Waals surface area contributed by atoms with E-state index >= 15 is 0 Å². The molecular formula is C15H14F3N. The second kappa shape index (κ2) is 5.45. The van der Waals surface area contributed by atoms with Gasteiger partial charge >= 0.3 is 0 Å². The zero-order valence-corrected chi connectivity index (χ0v) is 10.7. The Labute approximate surface area is 110 Å². The fourth-order valence-corrected chi connectivity index (χ4v) is 2.00. The Morgan fingerprint density at radius 2 is 1.53 bits per heavy atom.